The van der Waals surface area contributed by atoms with Crippen molar-refractivity contribution in [3.8, 4) is 6.19 Å². The molecule has 1 aliphatic heterocycles. The summed E-state index contributed by atoms with van der Waals surface area (Å²) in [6.07, 6.45) is 5.30. The SMILES string of the molecule is CN1CCN(S(=O)(=O)c2ccc(C(=O)NC3(C(=O)N(C)C#N)CCCCC3)cc2)CC1. The van der Waals surface area contributed by atoms with Crippen molar-refractivity contribution in [3.63, 3.8) is 0 Å². The van der Waals surface area contributed by atoms with Gasteiger partial charge < -0.3 is 10.2 Å². The first kappa shape index (κ1) is 23.2. The number of rotatable bonds is 5. The Hall–Kier alpha value is -2.48. The first-order chi connectivity index (χ1) is 14.7. The number of carbonyl (C=O) groups is 2. The van der Waals surface area contributed by atoms with E-state index in [0.29, 0.717) is 39.0 Å². The molecule has 9 nitrogen and oxygen atoms in total. The molecule has 2 amide bonds. The molecule has 1 aliphatic carbocycles. The highest BCUT2D eigenvalue weighted by molar-refractivity contribution is 7.89. The first-order valence-electron chi connectivity index (χ1n) is 10.5. The highest BCUT2D eigenvalue weighted by Gasteiger charge is 2.43. The summed E-state index contributed by atoms with van der Waals surface area (Å²) in [5.74, 6) is -0.873. The van der Waals surface area contributed by atoms with Gasteiger partial charge >= 0.3 is 0 Å². The minimum Gasteiger partial charge on any atom is -0.338 e. The number of likely N-dealkylation sites (N-methyl/N-ethyl adjacent to an activating group) is 2. The Morgan fingerprint density at radius 1 is 1.06 bits per heavy atom. The highest BCUT2D eigenvalue weighted by atomic mass is 32.2. The standard InChI is InChI=1S/C21H29N5O4S/c1-24-12-14-26(15-13-24)31(29,30)18-8-6-17(7-9-18)19(27)23-21(10-4-3-5-11-21)20(28)25(2)16-22/h6-9H,3-5,10-15H2,1-2H3,(H,23,27). The van der Waals surface area contributed by atoms with Crippen LogP contribution in [0.5, 0.6) is 0 Å². The fraction of sp³-hybridized carbons (Fsp3) is 0.571. The molecule has 0 bridgehead atoms. The van der Waals surface area contributed by atoms with E-state index in [4.69, 9.17) is 5.26 Å². The number of hydrogen-bond donors (Lipinski definition) is 1. The molecule has 1 saturated carbocycles. The van der Waals surface area contributed by atoms with E-state index in [1.54, 1.807) is 0 Å². The molecule has 10 heteroatoms. The zero-order valence-electron chi connectivity index (χ0n) is 18.0. The summed E-state index contributed by atoms with van der Waals surface area (Å²) in [7, 11) is -0.271. The number of hydrogen-bond acceptors (Lipinski definition) is 6. The predicted molar refractivity (Wildman–Crippen MR) is 114 cm³/mol. The van der Waals surface area contributed by atoms with Gasteiger partial charge in [0.2, 0.25) is 10.0 Å². The normalized spacial score (nSPS) is 19.9. The lowest BCUT2D eigenvalue weighted by molar-refractivity contribution is -0.135. The van der Waals surface area contributed by atoms with Crippen molar-refractivity contribution in [2.45, 2.75) is 42.5 Å². The molecule has 2 fully saturated rings. The Kier molecular flexibility index (Phi) is 6.99. The predicted octanol–water partition coefficient (Wildman–Crippen LogP) is 0.995. The maximum atomic E-state index is 12.9. The lowest BCUT2D eigenvalue weighted by atomic mass is 9.80. The van der Waals surface area contributed by atoms with Crippen molar-refractivity contribution in [1.29, 1.82) is 5.26 Å². The Morgan fingerprint density at radius 3 is 2.19 bits per heavy atom. The number of piperazine rings is 1. The van der Waals surface area contributed by atoms with Gasteiger partial charge in [-0.2, -0.15) is 9.57 Å². The van der Waals surface area contributed by atoms with Gasteiger partial charge in [0.1, 0.15) is 5.54 Å². The van der Waals surface area contributed by atoms with Gasteiger partial charge in [-0.1, -0.05) is 19.3 Å². The Bertz CT molecular complexity index is 956. The smallest absolute Gasteiger partial charge is 0.261 e. The van der Waals surface area contributed by atoms with Gasteiger partial charge in [0, 0.05) is 38.8 Å². The number of nitriles is 1. The molecule has 0 atom stereocenters. The molecule has 1 N–H and O–H groups in total. The van der Waals surface area contributed by atoms with Crippen LogP contribution in [0.4, 0.5) is 0 Å². The van der Waals surface area contributed by atoms with Crippen LogP contribution in [0.2, 0.25) is 0 Å². The summed E-state index contributed by atoms with van der Waals surface area (Å²) in [4.78, 5) is 28.9. The van der Waals surface area contributed by atoms with Crippen LogP contribution in [0.25, 0.3) is 0 Å². The van der Waals surface area contributed by atoms with E-state index in [1.807, 2.05) is 13.2 Å². The van der Waals surface area contributed by atoms with Crippen molar-refractivity contribution in [3.05, 3.63) is 29.8 Å². The number of sulfonamides is 1. The largest absolute Gasteiger partial charge is 0.338 e. The molecule has 1 aromatic rings. The van der Waals surface area contributed by atoms with Gasteiger partial charge in [-0.05, 0) is 44.2 Å². The average molecular weight is 448 g/mol. The molecule has 31 heavy (non-hydrogen) atoms. The first-order valence-corrected chi connectivity index (χ1v) is 11.9. The Labute approximate surface area is 183 Å². The third-order valence-corrected chi connectivity index (χ3v) is 8.05. The molecule has 0 spiro atoms. The number of nitrogens with one attached hydrogen (secondary N) is 1. The molecule has 1 aromatic carbocycles. The second-order valence-electron chi connectivity index (χ2n) is 8.29. The Balaban J connectivity index is 1.76. The van der Waals surface area contributed by atoms with Crippen LogP contribution >= 0.6 is 0 Å². The van der Waals surface area contributed by atoms with Gasteiger partial charge in [-0.3, -0.25) is 14.5 Å². The fourth-order valence-corrected chi connectivity index (χ4v) is 5.58. The van der Waals surface area contributed by atoms with Crippen LogP contribution in [-0.4, -0.2) is 80.2 Å². The molecule has 168 valence electrons. The number of nitrogens with zero attached hydrogens (tertiary/aromatic N) is 4. The van der Waals surface area contributed by atoms with Crippen LogP contribution in [0.1, 0.15) is 42.5 Å². The van der Waals surface area contributed by atoms with Crippen LogP contribution in [0.3, 0.4) is 0 Å². The second kappa shape index (κ2) is 9.34. The van der Waals surface area contributed by atoms with E-state index in [1.165, 1.54) is 35.6 Å². The van der Waals surface area contributed by atoms with Crippen LogP contribution < -0.4 is 5.32 Å². The molecule has 1 saturated heterocycles. The van der Waals surface area contributed by atoms with Crippen molar-refractivity contribution in [2.75, 3.05) is 40.3 Å². The molecule has 0 unspecified atom stereocenters. The third-order valence-electron chi connectivity index (χ3n) is 6.14. The number of amides is 2. The lowest BCUT2D eigenvalue weighted by Crippen LogP contribution is -2.59. The monoisotopic (exact) mass is 447 g/mol. The summed E-state index contributed by atoms with van der Waals surface area (Å²) < 4.78 is 27.2. The van der Waals surface area contributed by atoms with E-state index in [9.17, 15) is 18.0 Å². The maximum absolute atomic E-state index is 12.9. The van der Waals surface area contributed by atoms with Crippen molar-refractivity contribution in [2.24, 2.45) is 0 Å². The zero-order chi connectivity index (χ0) is 22.6. The van der Waals surface area contributed by atoms with E-state index >= 15 is 0 Å². The van der Waals surface area contributed by atoms with Gasteiger partial charge in [0.15, 0.2) is 6.19 Å². The van der Waals surface area contributed by atoms with Crippen LogP contribution in [0, 0.1) is 11.5 Å². The quantitative estimate of drug-likeness (QED) is 0.532. The topological polar surface area (TPSA) is 114 Å². The van der Waals surface area contributed by atoms with Gasteiger partial charge in [0.05, 0.1) is 4.90 Å². The minimum absolute atomic E-state index is 0.140. The summed E-state index contributed by atoms with van der Waals surface area (Å²) in [5.41, 5.74) is -0.834. The molecular formula is C21H29N5O4S. The second-order valence-corrected chi connectivity index (χ2v) is 10.2. The van der Waals surface area contributed by atoms with E-state index < -0.39 is 27.4 Å². The van der Waals surface area contributed by atoms with Gasteiger partial charge in [-0.25, -0.2) is 8.42 Å². The summed E-state index contributed by atoms with van der Waals surface area (Å²) in [5, 5.41) is 12.0. The minimum atomic E-state index is -3.62. The molecule has 1 heterocycles. The molecule has 0 radical (unpaired) electrons. The molecule has 3 rings (SSSR count). The molecular weight excluding hydrogens is 418 g/mol. The average Bonchev–Trinajstić information content (AvgIpc) is 2.79. The number of benzene rings is 1. The fourth-order valence-electron chi connectivity index (χ4n) is 4.16. The zero-order valence-corrected chi connectivity index (χ0v) is 18.8. The van der Waals surface area contributed by atoms with Crippen molar-refractivity contribution >= 4 is 21.8 Å². The summed E-state index contributed by atoms with van der Waals surface area (Å²) in [6, 6.07) is 5.79. The highest BCUT2D eigenvalue weighted by Crippen LogP contribution is 2.30. The Morgan fingerprint density at radius 2 is 1.65 bits per heavy atom. The van der Waals surface area contributed by atoms with Crippen molar-refractivity contribution in [1.82, 2.24) is 19.4 Å². The maximum Gasteiger partial charge on any atom is 0.261 e. The summed E-state index contributed by atoms with van der Waals surface area (Å²) in [6.45, 7) is 2.20. The van der Waals surface area contributed by atoms with Gasteiger partial charge in [-0.15, -0.1) is 0 Å². The van der Waals surface area contributed by atoms with Crippen LogP contribution in [-0.2, 0) is 14.8 Å². The molecule has 2 aliphatic rings. The molecule has 0 aromatic heterocycles. The van der Waals surface area contributed by atoms with Crippen molar-refractivity contribution < 1.29 is 18.0 Å². The van der Waals surface area contributed by atoms with E-state index in [-0.39, 0.29) is 10.5 Å². The van der Waals surface area contributed by atoms with E-state index in [0.717, 1.165) is 24.2 Å². The van der Waals surface area contributed by atoms with E-state index in [2.05, 4.69) is 10.2 Å². The lowest BCUT2D eigenvalue weighted by Gasteiger charge is -2.37. The van der Waals surface area contributed by atoms with Gasteiger partial charge in [0.25, 0.3) is 11.8 Å². The number of carbonyl (C=O) groups excluding carboxylic acids is 2. The van der Waals surface area contributed by atoms with Crippen LogP contribution in [0.15, 0.2) is 29.2 Å². The summed E-state index contributed by atoms with van der Waals surface area (Å²) >= 11 is 0. The third kappa shape index (κ3) is 4.89.